The second-order valence-electron chi connectivity index (χ2n) is 11.2. The van der Waals surface area contributed by atoms with Gasteiger partial charge in [-0.3, -0.25) is 0 Å². The van der Waals surface area contributed by atoms with Crippen LogP contribution in [0.2, 0.25) is 0 Å². The fourth-order valence-electron chi connectivity index (χ4n) is 4.80. The Balaban J connectivity index is 2.16. The van der Waals surface area contributed by atoms with Gasteiger partial charge in [0.15, 0.2) is 18.0 Å². The molecule has 0 aliphatic carbocycles. The number of esters is 2. The van der Waals surface area contributed by atoms with Crippen molar-refractivity contribution in [2.24, 2.45) is 0 Å². The standard InChI is InChI=1S/C31H58O6/c1-5-7-9-11-13-15-17-19-21-23-25-34-29(32)27-28(37-31(3,4)36-27)30(33)35-26-24-22-20-18-16-14-12-10-8-6-2/h27-28H,5-26H2,1-4H3. The van der Waals surface area contributed by atoms with Crippen LogP contribution in [0.1, 0.15) is 156 Å². The molecule has 37 heavy (non-hydrogen) atoms. The van der Waals surface area contributed by atoms with E-state index in [4.69, 9.17) is 18.9 Å². The van der Waals surface area contributed by atoms with E-state index in [0.29, 0.717) is 13.2 Å². The first kappa shape index (κ1) is 33.9. The average Bonchev–Trinajstić information content (AvgIpc) is 3.21. The average molecular weight is 527 g/mol. The number of hydrogen-bond acceptors (Lipinski definition) is 6. The summed E-state index contributed by atoms with van der Waals surface area (Å²) in [6.45, 7) is 8.57. The minimum atomic E-state index is -1.07. The zero-order chi connectivity index (χ0) is 27.2. The van der Waals surface area contributed by atoms with Crippen LogP contribution in [0.4, 0.5) is 0 Å². The second-order valence-corrected chi connectivity index (χ2v) is 11.2. The van der Waals surface area contributed by atoms with Crippen molar-refractivity contribution in [2.75, 3.05) is 13.2 Å². The van der Waals surface area contributed by atoms with Gasteiger partial charge in [0.05, 0.1) is 13.2 Å². The zero-order valence-corrected chi connectivity index (χ0v) is 24.7. The van der Waals surface area contributed by atoms with E-state index in [1.807, 2.05) is 0 Å². The molecule has 6 heteroatoms. The van der Waals surface area contributed by atoms with Crippen LogP contribution in [-0.4, -0.2) is 43.1 Å². The predicted octanol–water partition coefficient (Wildman–Crippen LogP) is 8.43. The molecule has 0 spiro atoms. The molecule has 1 saturated heterocycles. The lowest BCUT2D eigenvalue weighted by Gasteiger charge is -2.16. The smallest absolute Gasteiger partial charge is 0.338 e. The van der Waals surface area contributed by atoms with Crippen LogP contribution in [0.25, 0.3) is 0 Å². The number of carbonyl (C=O) groups excluding carboxylic acids is 2. The molecule has 1 heterocycles. The van der Waals surface area contributed by atoms with Gasteiger partial charge in [0.1, 0.15) is 0 Å². The number of ether oxygens (including phenoxy) is 4. The Morgan fingerprint density at radius 1 is 0.514 bits per heavy atom. The van der Waals surface area contributed by atoms with Crippen molar-refractivity contribution in [1.29, 1.82) is 0 Å². The Hall–Kier alpha value is -1.14. The molecule has 0 N–H and O–H groups in total. The molecule has 218 valence electrons. The molecule has 1 aliphatic heterocycles. The molecular formula is C31H58O6. The molecule has 0 aromatic heterocycles. The molecule has 1 fully saturated rings. The lowest BCUT2D eigenvalue weighted by Crippen LogP contribution is -2.39. The van der Waals surface area contributed by atoms with Crippen molar-refractivity contribution in [2.45, 2.75) is 174 Å². The van der Waals surface area contributed by atoms with E-state index in [-0.39, 0.29) is 0 Å². The summed E-state index contributed by atoms with van der Waals surface area (Å²) >= 11 is 0. The quantitative estimate of drug-likeness (QED) is 0.0928. The summed E-state index contributed by atoms with van der Waals surface area (Å²) in [6, 6.07) is 0. The first-order chi connectivity index (χ1) is 17.9. The summed E-state index contributed by atoms with van der Waals surface area (Å²) in [4.78, 5) is 25.3. The van der Waals surface area contributed by atoms with Crippen LogP contribution in [0.15, 0.2) is 0 Å². The molecule has 0 radical (unpaired) electrons. The maximum atomic E-state index is 12.6. The van der Waals surface area contributed by atoms with E-state index in [0.717, 1.165) is 38.5 Å². The molecule has 0 amide bonds. The number of rotatable bonds is 24. The topological polar surface area (TPSA) is 71.1 Å². The van der Waals surface area contributed by atoms with Crippen LogP contribution >= 0.6 is 0 Å². The van der Waals surface area contributed by atoms with E-state index in [1.165, 1.54) is 89.9 Å². The Labute approximate surface area is 227 Å². The Morgan fingerprint density at radius 3 is 1.08 bits per heavy atom. The highest BCUT2D eigenvalue weighted by molar-refractivity contribution is 5.86. The monoisotopic (exact) mass is 526 g/mol. The molecule has 6 nitrogen and oxygen atoms in total. The molecular weight excluding hydrogens is 468 g/mol. The van der Waals surface area contributed by atoms with E-state index in [9.17, 15) is 9.59 Å². The van der Waals surface area contributed by atoms with Gasteiger partial charge in [0.25, 0.3) is 0 Å². The van der Waals surface area contributed by atoms with Gasteiger partial charge >= 0.3 is 11.9 Å². The SMILES string of the molecule is CCCCCCCCCCCCOC(=O)C1OC(C)(C)OC1C(=O)OCCCCCCCCCCCC. The van der Waals surface area contributed by atoms with Crippen molar-refractivity contribution in [3.63, 3.8) is 0 Å². The third-order valence-electron chi connectivity index (χ3n) is 7.05. The first-order valence-corrected chi connectivity index (χ1v) is 15.6. The zero-order valence-electron chi connectivity index (χ0n) is 24.7. The fourth-order valence-corrected chi connectivity index (χ4v) is 4.80. The predicted molar refractivity (Wildman–Crippen MR) is 149 cm³/mol. The van der Waals surface area contributed by atoms with E-state index in [1.54, 1.807) is 13.8 Å². The van der Waals surface area contributed by atoms with E-state index < -0.39 is 29.9 Å². The lowest BCUT2D eigenvalue weighted by atomic mass is 10.1. The Bertz CT molecular complexity index is 528. The van der Waals surface area contributed by atoms with Crippen molar-refractivity contribution in [3.8, 4) is 0 Å². The van der Waals surface area contributed by atoms with Gasteiger partial charge in [-0.05, 0) is 26.7 Å². The second kappa shape index (κ2) is 21.8. The summed E-state index contributed by atoms with van der Waals surface area (Å²) in [6.07, 6.45) is 22.3. The van der Waals surface area contributed by atoms with Crippen molar-refractivity contribution < 1.29 is 28.5 Å². The van der Waals surface area contributed by atoms with Gasteiger partial charge in [0.2, 0.25) is 0 Å². The highest BCUT2D eigenvalue weighted by Gasteiger charge is 2.50. The molecule has 0 bridgehead atoms. The largest absolute Gasteiger partial charge is 0.464 e. The van der Waals surface area contributed by atoms with Gasteiger partial charge in [-0.25, -0.2) is 9.59 Å². The number of hydrogen-bond donors (Lipinski definition) is 0. The van der Waals surface area contributed by atoms with Crippen LogP contribution in [0.3, 0.4) is 0 Å². The van der Waals surface area contributed by atoms with Crippen LogP contribution < -0.4 is 0 Å². The summed E-state index contributed by atoms with van der Waals surface area (Å²) in [5, 5.41) is 0. The maximum Gasteiger partial charge on any atom is 0.338 e. The highest BCUT2D eigenvalue weighted by Crippen LogP contribution is 2.30. The van der Waals surface area contributed by atoms with E-state index >= 15 is 0 Å². The normalized spacial score (nSPS) is 18.7. The minimum absolute atomic E-state index is 0.343. The third kappa shape index (κ3) is 17.1. The van der Waals surface area contributed by atoms with Gasteiger partial charge in [-0.1, -0.05) is 129 Å². The Kier molecular flexibility index (Phi) is 19.9. The molecule has 0 saturated carbocycles. The molecule has 0 aromatic carbocycles. The van der Waals surface area contributed by atoms with Gasteiger partial charge in [0, 0.05) is 0 Å². The van der Waals surface area contributed by atoms with E-state index in [2.05, 4.69) is 13.8 Å². The Morgan fingerprint density at radius 2 is 0.784 bits per heavy atom. The van der Waals surface area contributed by atoms with Gasteiger partial charge in [-0.2, -0.15) is 0 Å². The molecule has 1 aliphatic rings. The third-order valence-corrected chi connectivity index (χ3v) is 7.05. The maximum absolute atomic E-state index is 12.6. The fraction of sp³-hybridized carbons (Fsp3) is 0.935. The molecule has 2 atom stereocenters. The van der Waals surface area contributed by atoms with Crippen molar-refractivity contribution >= 4 is 11.9 Å². The summed E-state index contributed by atoms with van der Waals surface area (Å²) in [5.41, 5.74) is 0. The number of unbranched alkanes of at least 4 members (excludes halogenated alkanes) is 18. The van der Waals surface area contributed by atoms with Gasteiger partial charge in [-0.15, -0.1) is 0 Å². The van der Waals surface area contributed by atoms with Gasteiger partial charge < -0.3 is 18.9 Å². The van der Waals surface area contributed by atoms with Crippen molar-refractivity contribution in [3.05, 3.63) is 0 Å². The highest BCUT2D eigenvalue weighted by atomic mass is 16.8. The molecule has 1 rings (SSSR count). The van der Waals surface area contributed by atoms with Crippen LogP contribution in [0.5, 0.6) is 0 Å². The lowest BCUT2D eigenvalue weighted by molar-refractivity contribution is -0.173. The summed E-state index contributed by atoms with van der Waals surface area (Å²) in [7, 11) is 0. The minimum Gasteiger partial charge on any atom is -0.464 e. The van der Waals surface area contributed by atoms with Crippen LogP contribution in [-0.2, 0) is 28.5 Å². The molecule has 0 aromatic rings. The number of carbonyl (C=O) groups is 2. The molecule has 2 unspecified atom stereocenters. The van der Waals surface area contributed by atoms with Crippen LogP contribution in [0, 0.1) is 0 Å². The first-order valence-electron chi connectivity index (χ1n) is 15.6. The summed E-state index contributed by atoms with van der Waals surface area (Å²) < 4.78 is 22.3. The summed E-state index contributed by atoms with van der Waals surface area (Å²) in [5.74, 6) is -2.11. The van der Waals surface area contributed by atoms with Crippen molar-refractivity contribution in [1.82, 2.24) is 0 Å².